The van der Waals surface area contributed by atoms with Crippen LogP contribution >= 0.6 is 0 Å². The first-order valence-corrected chi connectivity index (χ1v) is 11.4. The Kier molecular flexibility index (Phi) is 7.79. The maximum atomic E-state index is 10.5. The molecule has 0 amide bonds. The lowest BCUT2D eigenvalue weighted by Gasteiger charge is -2.25. The molecule has 6 nitrogen and oxygen atoms in total. The summed E-state index contributed by atoms with van der Waals surface area (Å²) in [5.41, 5.74) is 2.86. The van der Waals surface area contributed by atoms with Crippen molar-refractivity contribution in [2.45, 2.75) is 32.4 Å². The molecule has 1 aliphatic rings. The van der Waals surface area contributed by atoms with Gasteiger partial charge in [-0.2, -0.15) is 5.10 Å². The highest BCUT2D eigenvalue weighted by Crippen LogP contribution is 2.34. The third kappa shape index (κ3) is 6.45. The van der Waals surface area contributed by atoms with Gasteiger partial charge in [0.15, 0.2) is 0 Å². The van der Waals surface area contributed by atoms with Crippen LogP contribution in [0.4, 0.5) is 0 Å². The lowest BCUT2D eigenvalue weighted by atomic mass is 10.2. The van der Waals surface area contributed by atoms with Gasteiger partial charge in [0.05, 0.1) is 29.7 Å². The molecule has 2 aromatic carbocycles. The molecule has 0 spiro atoms. The molecule has 4 rings (SSSR count). The fourth-order valence-corrected chi connectivity index (χ4v) is 3.87. The number of hydrogen-bond donors (Lipinski definition) is 1. The Labute approximate surface area is 195 Å². The number of benzene rings is 2. The predicted octanol–water partition coefficient (Wildman–Crippen LogP) is 4.20. The number of hydrogen-bond acceptors (Lipinski definition) is 5. The molecule has 1 aromatic heterocycles. The summed E-state index contributed by atoms with van der Waals surface area (Å²) in [6.07, 6.45) is 7.10. The van der Waals surface area contributed by atoms with Crippen molar-refractivity contribution in [3.05, 3.63) is 71.9 Å². The molecule has 1 saturated carbocycles. The number of aromatic nitrogens is 2. The molecule has 0 saturated heterocycles. The second-order valence-corrected chi connectivity index (χ2v) is 8.54. The van der Waals surface area contributed by atoms with Gasteiger partial charge in [-0.1, -0.05) is 42.3 Å². The van der Waals surface area contributed by atoms with Crippen LogP contribution in [0.25, 0.3) is 5.69 Å². The molecule has 172 valence electrons. The average molecular weight is 446 g/mol. The smallest absolute Gasteiger partial charge is 0.227 e. The summed E-state index contributed by atoms with van der Waals surface area (Å²) >= 11 is 0. The standard InChI is InChI=1S/C27H31N3O3/c1-3-16-32-20-24(31)18-29(17-22-14-15-22)19-26-21(2)28-30(23-10-6-4-7-11-23)27(26)33-25-12-8-5-9-13-25/h1,4-13,22,24,31H,14-20H2,2H3. The predicted molar refractivity (Wildman–Crippen MR) is 128 cm³/mol. The van der Waals surface area contributed by atoms with Crippen molar-refractivity contribution in [3.63, 3.8) is 0 Å². The van der Waals surface area contributed by atoms with E-state index in [2.05, 4.69) is 10.8 Å². The highest BCUT2D eigenvalue weighted by atomic mass is 16.5. The number of nitrogens with zero attached hydrogens (tertiary/aromatic N) is 3. The molecule has 1 aliphatic carbocycles. The molecular weight excluding hydrogens is 414 g/mol. The third-order valence-electron chi connectivity index (χ3n) is 5.66. The maximum absolute atomic E-state index is 10.5. The van der Waals surface area contributed by atoms with E-state index in [1.807, 2.05) is 72.3 Å². The van der Waals surface area contributed by atoms with Crippen LogP contribution in [0.5, 0.6) is 11.6 Å². The first-order chi connectivity index (χ1) is 16.1. The van der Waals surface area contributed by atoms with E-state index < -0.39 is 6.10 Å². The SMILES string of the molecule is C#CCOCC(O)CN(Cc1c(C)nn(-c2ccccc2)c1Oc1ccccc1)CC1CC1. The highest BCUT2D eigenvalue weighted by molar-refractivity contribution is 5.43. The number of aryl methyl sites for hydroxylation is 1. The van der Waals surface area contributed by atoms with E-state index in [9.17, 15) is 5.11 Å². The van der Waals surface area contributed by atoms with E-state index >= 15 is 0 Å². The molecule has 1 fully saturated rings. The topological polar surface area (TPSA) is 59.8 Å². The Morgan fingerprint density at radius 2 is 1.85 bits per heavy atom. The minimum absolute atomic E-state index is 0.206. The summed E-state index contributed by atoms with van der Waals surface area (Å²) in [5.74, 6) is 4.57. The Balaban J connectivity index is 1.61. The highest BCUT2D eigenvalue weighted by Gasteiger charge is 2.28. The van der Waals surface area contributed by atoms with Crippen molar-refractivity contribution in [3.8, 4) is 29.7 Å². The molecule has 1 atom stereocenters. The van der Waals surface area contributed by atoms with Gasteiger partial charge in [-0.3, -0.25) is 4.90 Å². The second kappa shape index (κ2) is 11.2. The molecule has 1 N–H and O–H groups in total. The van der Waals surface area contributed by atoms with Crippen molar-refractivity contribution < 1.29 is 14.6 Å². The van der Waals surface area contributed by atoms with Gasteiger partial charge in [-0.15, -0.1) is 6.42 Å². The zero-order valence-corrected chi connectivity index (χ0v) is 19.1. The van der Waals surface area contributed by atoms with Crippen molar-refractivity contribution in [1.82, 2.24) is 14.7 Å². The van der Waals surface area contributed by atoms with E-state index in [0.29, 0.717) is 24.9 Å². The minimum Gasteiger partial charge on any atom is -0.439 e. The lowest BCUT2D eigenvalue weighted by molar-refractivity contribution is 0.0250. The quantitative estimate of drug-likeness (QED) is 0.335. The largest absolute Gasteiger partial charge is 0.439 e. The van der Waals surface area contributed by atoms with Crippen LogP contribution in [-0.2, 0) is 11.3 Å². The van der Waals surface area contributed by atoms with Crippen molar-refractivity contribution in [1.29, 1.82) is 0 Å². The van der Waals surface area contributed by atoms with Crippen LogP contribution in [-0.4, -0.2) is 52.2 Å². The van der Waals surface area contributed by atoms with Crippen LogP contribution in [0.1, 0.15) is 24.1 Å². The number of rotatable bonds is 12. The van der Waals surface area contributed by atoms with Crippen LogP contribution in [0.15, 0.2) is 60.7 Å². The Bertz CT molecular complexity index is 1060. The van der Waals surface area contributed by atoms with E-state index in [1.54, 1.807) is 0 Å². The van der Waals surface area contributed by atoms with Gasteiger partial charge in [0.25, 0.3) is 0 Å². The fourth-order valence-electron chi connectivity index (χ4n) is 3.87. The summed E-state index contributed by atoms with van der Waals surface area (Å²) in [6.45, 7) is 4.49. The maximum Gasteiger partial charge on any atom is 0.227 e. The van der Waals surface area contributed by atoms with Gasteiger partial charge in [0.1, 0.15) is 12.4 Å². The Morgan fingerprint density at radius 1 is 1.15 bits per heavy atom. The van der Waals surface area contributed by atoms with Gasteiger partial charge in [-0.05, 0) is 49.9 Å². The summed E-state index contributed by atoms with van der Waals surface area (Å²) in [4.78, 5) is 2.28. The monoisotopic (exact) mass is 445 g/mol. The average Bonchev–Trinajstić information content (AvgIpc) is 3.60. The second-order valence-electron chi connectivity index (χ2n) is 8.54. The first kappa shape index (κ1) is 23.1. The van der Waals surface area contributed by atoms with Crippen molar-refractivity contribution >= 4 is 0 Å². The number of para-hydroxylation sites is 2. The van der Waals surface area contributed by atoms with Gasteiger partial charge < -0.3 is 14.6 Å². The van der Waals surface area contributed by atoms with Crippen LogP contribution in [0.3, 0.4) is 0 Å². The van der Waals surface area contributed by atoms with E-state index in [0.717, 1.165) is 29.2 Å². The third-order valence-corrected chi connectivity index (χ3v) is 5.66. The molecule has 0 radical (unpaired) electrons. The molecule has 0 bridgehead atoms. The number of aliphatic hydroxyl groups excluding tert-OH is 1. The summed E-state index contributed by atoms with van der Waals surface area (Å²) in [5, 5.41) is 15.3. The summed E-state index contributed by atoms with van der Waals surface area (Å²) < 4.78 is 13.6. The zero-order chi connectivity index (χ0) is 23.0. The minimum atomic E-state index is -0.611. The van der Waals surface area contributed by atoms with Crippen molar-refractivity contribution in [2.24, 2.45) is 5.92 Å². The van der Waals surface area contributed by atoms with Crippen LogP contribution in [0, 0.1) is 25.2 Å². The number of terminal acetylenes is 1. The molecule has 6 heteroatoms. The van der Waals surface area contributed by atoms with Gasteiger partial charge in [0, 0.05) is 19.6 Å². The number of ether oxygens (including phenoxy) is 2. The summed E-state index contributed by atoms with van der Waals surface area (Å²) in [6, 6.07) is 19.8. The Hall–Kier alpha value is -3.11. The van der Waals surface area contributed by atoms with Crippen LogP contribution in [0.2, 0.25) is 0 Å². The molecule has 3 aromatic rings. The normalized spacial score (nSPS) is 14.2. The first-order valence-electron chi connectivity index (χ1n) is 11.4. The Morgan fingerprint density at radius 3 is 2.52 bits per heavy atom. The van der Waals surface area contributed by atoms with E-state index in [4.69, 9.17) is 21.0 Å². The van der Waals surface area contributed by atoms with E-state index in [-0.39, 0.29) is 13.2 Å². The fraction of sp³-hybridized carbons (Fsp3) is 0.370. The number of aliphatic hydroxyl groups is 1. The molecule has 1 unspecified atom stereocenters. The molecule has 0 aliphatic heterocycles. The van der Waals surface area contributed by atoms with Crippen LogP contribution < -0.4 is 4.74 Å². The lowest BCUT2D eigenvalue weighted by Crippen LogP contribution is -2.36. The van der Waals surface area contributed by atoms with Gasteiger partial charge >= 0.3 is 0 Å². The van der Waals surface area contributed by atoms with E-state index in [1.165, 1.54) is 12.8 Å². The molecule has 33 heavy (non-hydrogen) atoms. The van der Waals surface area contributed by atoms with Gasteiger partial charge in [0.2, 0.25) is 5.88 Å². The molecular formula is C27H31N3O3. The summed E-state index contributed by atoms with van der Waals surface area (Å²) in [7, 11) is 0. The van der Waals surface area contributed by atoms with Crippen molar-refractivity contribution in [2.75, 3.05) is 26.3 Å². The zero-order valence-electron chi connectivity index (χ0n) is 19.1. The molecule has 1 heterocycles. The van der Waals surface area contributed by atoms with Gasteiger partial charge in [-0.25, -0.2) is 4.68 Å².